The van der Waals surface area contributed by atoms with Gasteiger partial charge in [-0.05, 0) is 13.0 Å². The minimum Gasteiger partial charge on any atom is -0.379 e. The van der Waals surface area contributed by atoms with Gasteiger partial charge in [0, 0.05) is 25.7 Å². The van der Waals surface area contributed by atoms with Crippen molar-refractivity contribution < 1.29 is 13.2 Å². The van der Waals surface area contributed by atoms with E-state index >= 15 is 0 Å². The number of rotatable bonds is 3. The third kappa shape index (κ3) is 3.69. The number of hydrogen-bond donors (Lipinski definition) is 1. The van der Waals surface area contributed by atoms with Crippen LogP contribution in [0.2, 0.25) is 0 Å². The summed E-state index contributed by atoms with van der Waals surface area (Å²) in [6.07, 6.45) is 0.916. The van der Waals surface area contributed by atoms with Crippen molar-refractivity contribution >= 4 is 9.84 Å². The molecule has 1 unspecified atom stereocenters. The van der Waals surface area contributed by atoms with Gasteiger partial charge in [0.05, 0.1) is 24.7 Å². The van der Waals surface area contributed by atoms with Crippen molar-refractivity contribution in [2.75, 3.05) is 50.9 Å². The highest BCUT2D eigenvalue weighted by Crippen LogP contribution is 2.07. The molecule has 2 aliphatic rings. The molecule has 0 aromatic carbocycles. The highest BCUT2D eigenvalue weighted by atomic mass is 32.2. The van der Waals surface area contributed by atoms with Crippen LogP contribution in [0.25, 0.3) is 0 Å². The first-order valence-corrected chi connectivity index (χ1v) is 7.72. The van der Waals surface area contributed by atoms with Gasteiger partial charge in [-0.1, -0.05) is 0 Å². The van der Waals surface area contributed by atoms with E-state index in [1.54, 1.807) is 0 Å². The molecule has 16 heavy (non-hydrogen) atoms. The van der Waals surface area contributed by atoms with Gasteiger partial charge < -0.3 is 10.1 Å². The third-order valence-electron chi connectivity index (χ3n) is 3.20. The molecule has 2 saturated heterocycles. The van der Waals surface area contributed by atoms with Crippen molar-refractivity contribution in [3.63, 3.8) is 0 Å². The van der Waals surface area contributed by atoms with Crippen molar-refractivity contribution in [1.82, 2.24) is 10.2 Å². The molecule has 0 spiro atoms. The van der Waals surface area contributed by atoms with Crippen LogP contribution in [0.3, 0.4) is 0 Å². The highest BCUT2D eigenvalue weighted by molar-refractivity contribution is 7.91. The predicted octanol–water partition coefficient (Wildman–Crippen LogP) is -0.905. The maximum Gasteiger partial charge on any atom is 0.153 e. The Morgan fingerprint density at radius 3 is 2.75 bits per heavy atom. The third-order valence-corrected chi connectivity index (χ3v) is 4.94. The predicted molar refractivity (Wildman–Crippen MR) is 62.3 cm³/mol. The van der Waals surface area contributed by atoms with E-state index in [0.717, 1.165) is 39.3 Å². The summed E-state index contributed by atoms with van der Waals surface area (Å²) in [5.41, 5.74) is 0. The summed E-state index contributed by atoms with van der Waals surface area (Å²) in [5.74, 6) is 0.596. The number of nitrogens with one attached hydrogen (secondary N) is 1. The fraction of sp³-hybridized carbons (Fsp3) is 1.00. The number of ether oxygens (including phenoxy) is 1. The Labute approximate surface area is 97.1 Å². The highest BCUT2D eigenvalue weighted by Gasteiger charge is 2.24. The normalized spacial score (nSPS) is 31.4. The van der Waals surface area contributed by atoms with E-state index in [-0.39, 0.29) is 6.04 Å². The minimum absolute atomic E-state index is 0.140. The Hall–Kier alpha value is -0.170. The number of hydrogen-bond acceptors (Lipinski definition) is 5. The Morgan fingerprint density at radius 1 is 1.31 bits per heavy atom. The van der Waals surface area contributed by atoms with Gasteiger partial charge in [0.15, 0.2) is 9.84 Å². The molecule has 0 radical (unpaired) electrons. The molecule has 0 aromatic rings. The van der Waals surface area contributed by atoms with Gasteiger partial charge in [0.2, 0.25) is 0 Å². The molecule has 0 saturated carbocycles. The summed E-state index contributed by atoms with van der Waals surface area (Å²) in [5, 5.41) is 3.28. The molecule has 6 heteroatoms. The Kier molecular flexibility index (Phi) is 4.18. The van der Waals surface area contributed by atoms with Gasteiger partial charge in [-0.25, -0.2) is 8.42 Å². The fourth-order valence-corrected chi connectivity index (χ4v) is 3.71. The topological polar surface area (TPSA) is 58.6 Å². The Balaban J connectivity index is 1.72. The molecule has 94 valence electrons. The monoisotopic (exact) mass is 248 g/mol. The van der Waals surface area contributed by atoms with Crippen LogP contribution in [0.15, 0.2) is 0 Å². The SMILES string of the molecule is O=S1(=O)CCNC(CCN2CCOCC2)C1. The lowest BCUT2D eigenvalue weighted by atomic mass is 10.2. The standard InChI is InChI=1S/C10H20N2O3S/c13-16(14)8-2-11-10(9-16)1-3-12-4-6-15-7-5-12/h10-11H,1-9H2. The van der Waals surface area contributed by atoms with Crippen molar-refractivity contribution in [2.45, 2.75) is 12.5 Å². The summed E-state index contributed by atoms with van der Waals surface area (Å²) in [6.45, 7) is 5.12. The van der Waals surface area contributed by atoms with Gasteiger partial charge in [0.1, 0.15) is 0 Å². The summed E-state index contributed by atoms with van der Waals surface area (Å²) in [6, 6.07) is 0.140. The van der Waals surface area contributed by atoms with Gasteiger partial charge in [-0.3, -0.25) is 4.90 Å². The van der Waals surface area contributed by atoms with Gasteiger partial charge >= 0.3 is 0 Å². The second-order valence-electron chi connectivity index (χ2n) is 4.51. The van der Waals surface area contributed by atoms with Crippen LogP contribution in [0.4, 0.5) is 0 Å². The average molecular weight is 248 g/mol. The zero-order valence-electron chi connectivity index (χ0n) is 9.52. The van der Waals surface area contributed by atoms with Crippen LogP contribution >= 0.6 is 0 Å². The largest absolute Gasteiger partial charge is 0.379 e. The lowest BCUT2D eigenvalue weighted by Crippen LogP contribution is -2.47. The van der Waals surface area contributed by atoms with E-state index in [9.17, 15) is 8.42 Å². The second kappa shape index (κ2) is 5.44. The van der Waals surface area contributed by atoms with Gasteiger partial charge in [-0.15, -0.1) is 0 Å². The van der Waals surface area contributed by atoms with E-state index < -0.39 is 9.84 Å². The smallest absolute Gasteiger partial charge is 0.153 e. The molecule has 0 aromatic heterocycles. The number of morpholine rings is 1. The molecule has 5 nitrogen and oxygen atoms in total. The van der Waals surface area contributed by atoms with E-state index in [0.29, 0.717) is 18.1 Å². The number of sulfone groups is 1. The zero-order valence-corrected chi connectivity index (χ0v) is 10.3. The second-order valence-corrected chi connectivity index (χ2v) is 6.74. The Morgan fingerprint density at radius 2 is 2.06 bits per heavy atom. The van der Waals surface area contributed by atoms with Crippen molar-refractivity contribution in [3.8, 4) is 0 Å². The van der Waals surface area contributed by atoms with Crippen molar-refractivity contribution in [3.05, 3.63) is 0 Å². The quantitative estimate of drug-likeness (QED) is 0.701. The summed E-state index contributed by atoms with van der Waals surface area (Å²) < 4.78 is 28.1. The first-order valence-electron chi connectivity index (χ1n) is 5.90. The fourth-order valence-electron chi connectivity index (χ4n) is 2.22. The van der Waals surface area contributed by atoms with Crippen molar-refractivity contribution in [2.24, 2.45) is 0 Å². The Bertz CT molecular complexity index is 312. The van der Waals surface area contributed by atoms with E-state index in [1.165, 1.54) is 0 Å². The van der Waals surface area contributed by atoms with Crippen molar-refractivity contribution in [1.29, 1.82) is 0 Å². The van der Waals surface area contributed by atoms with Crippen LogP contribution < -0.4 is 5.32 Å². The molecule has 0 amide bonds. The lowest BCUT2D eigenvalue weighted by Gasteiger charge is -2.30. The molecule has 2 rings (SSSR count). The lowest BCUT2D eigenvalue weighted by molar-refractivity contribution is 0.0364. The summed E-state index contributed by atoms with van der Waals surface area (Å²) >= 11 is 0. The molecule has 2 heterocycles. The molecule has 1 N–H and O–H groups in total. The van der Waals surface area contributed by atoms with Crippen LogP contribution in [0, 0.1) is 0 Å². The van der Waals surface area contributed by atoms with Crippen LogP contribution in [0.1, 0.15) is 6.42 Å². The zero-order chi connectivity index (χ0) is 11.4. The summed E-state index contributed by atoms with van der Waals surface area (Å²) in [7, 11) is -2.79. The maximum atomic E-state index is 11.4. The van der Waals surface area contributed by atoms with E-state index in [2.05, 4.69) is 10.2 Å². The molecular formula is C10H20N2O3S. The van der Waals surface area contributed by atoms with E-state index in [1.807, 2.05) is 0 Å². The van der Waals surface area contributed by atoms with Crippen LogP contribution in [-0.2, 0) is 14.6 Å². The van der Waals surface area contributed by atoms with Crippen LogP contribution in [-0.4, -0.2) is 70.3 Å². The van der Waals surface area contributed by atoms with Gasteiger partial charge in [0.25, 0.3) is 0 Å². The molecule has 0 bridgehead atoms. The molecular weight excluding hydrogens is 228 g/mol. The first-order chi connectivity index (χ1) is 7.66. The average Bonchev–Trinajstić information content (AvgIpc) is 2.27. The minimum atomic E-state index is -2.79. The van der Waals surface area contributed by atoms with Crippen LogP contribution in [0.5, 0.6) is 0 Å². The summed E-state index contributed by atoms with van der Waals surface area (Å²) in [4.78, 5) is 2.34. The molecule has 0 aliphatic carbocycles. The molecule has 2 fully saturated rings. The van der Waals surface area contributed by atoms with Gasteiger partial charge in [-0.2, -0.15) is 0 Å². The molecule has 2 aliphatic heterocycles. The first kappa shape index (κ1) is 12.3. The molecule has 1 atom stereocenters. The van der Waals surface area contributed by atoms with E-state index in [4.69, 9.17) is 4.74 Å². The maximum absolute atomic E-state index is 11.4. The number of nitrogens with zero attached hydrogens (tertiary/aromatic N) is 1.